The molecule has 0 aromatic heterocycles. The van der Waals surface area contributed by atoms with Crippen LogP contribution in [0.1, 0.15) is 39.0 Å². The van der Waals surface area contributed by atoms with E-state index in [1.54, 1.807) is 19.0 Å². The van der Waals surface area contributed by atoms with Gasteiger partial charge in [-0.15, -0.1) is 0 Å². The third-order valence-corrected chi connectivity index (χ3v) is 6.59. The second-order valence-corrected chi connectivity index (χ2v) is 8.86. The van der Waals surface area contributed by atoms with Crippen molar-refractivity contribution in [2.24, 2.45) is 5.41 Å². The van der Waals surface area contributed by atoms with Crippen molar-refractivity contribution in [3.8, 4) is 0 Å². The molecule has 1 saturated heterocycles. The Morgan fingerprint density at radius 3 is 2.27 bits per heavy atom. The van der Waals surface area contributed by atoms with Crippen LogP contribution < -0.4 is 0 Å². The first kappa shape index (κ1) is 17.2. The molecule has 1 saturated carbocycles. The Bertz CT molecular complexity index is 554. The second-order valence-electron chi connectivity index (χ2n) is 6.64. The van der Waals surface area contributed by atoms with Gasteiger partial charge in [0.25, 0.3) is 0 Å². The third kappa shape index (κ3) is 3.29. The minimum Gasteiger partial charge on any atom is -0.345 e. The lowest BCUT2D eigenvalue weighted by Gasteiger charge is -2.30. The smallest absolute Gasteiger partial charge is 0.238 e. The summed E-state index contributed by atoms with van der Waals surface area (Å²) in [5, 5.41) is 0. The van der Waals surface area contributed by atoms with Crippen molar-refractivity contribution < 1.29 is 18.0 Å². The van der Waals surface area contributed by atoms with Crippen molar-refractivity contribution in [1.29, 1.82) is 0 Å². The summed E-state index contributed by atoms with van der Waals surface area (Å²) in [6.45, 7) is 2.72. The number of sulfone groups is 1. The molecule has 22 heavy (non-hydrogen) atoms. The standard InChI is InChI=1S/C15H26N2O4S/c1-4-5-9-16(2)13(18)15(7-8-15)14(19)17(3)12-6-10-22(20,21)11-12/h12H,4-11H2,1-3H3. The van der Waals surface area contributed by atoms with Crippen LogP contribution in [0.3, 0.4) is 0 Å². The largest absolute Gasteiger partial charge is 0.345 e. The highest BCUT2D eigenvalue weighted by Crippen LogP contribution is 2.49. The van der Waals surface area contributed by atoms with Crippen molar-refractivity contribution >= 4 is 21.7 Å². The lowest BCUT2D eigenvalue weighted by atomic mass is 10.0. The van der Waals surface area contributed by atoms with Crippen molar-refractivity contribution in [2.75, 3.05) is 32.1 Å². The first-order chi connectivity index (χ1) is 10.2. The number of carbonyl (C=O) groups is 2. The fourth-order valence-corrected chi connectivity index (χ4v) is 4.86. The normalized spacial score (nSPS) is 24.8. The molecule has 0 aromatic rings. The molecule has 1 aliphatic heterocycles. The molecule has 2 aliphatic rings. The Morgan fingerprint density at radius 1 is 1.18 bits per heavy atom. The second kappa shape index (κ2) is 6.18. The zero-order valence-corrected chi connectivity index (χ0v) is 14.5. The molecular weight excluding hydrogens is 304 g/mol. The lowest BCUT2D eigenvalue weighted by molar-refractivity contribution is -0.149. The fraction of sp³-hybridized carbons (Fsp3) is 0.867. The van der Waals surface area contributed by atoms with E-state index in [0.29, 0.717) is 25.8 Å². The maximum absolute atomic E-state index is 12.7. The van der Waals surface area contributed by atoms with Gasteiger partial charge in [-0.3, -0.25) is 9.59 Å². The van der Waals surface area contributed by atoms with Gasteiger partial charge in [0.1, 0.15) is 5.41 Å². The first-order valence-corrected chi connectivity index (χ1v) is 9.79. The van der Waals surface area contributed by atoms with Gasteiger partial charge in [0.05, 0.1) is 11.5 Å². The lowest BCUT2D eigenvalue weighted by Crippen LogP contribution is -2.48. The molecule has 0 radical (unpaired) electrons. The molecular formula is C15H26N2O4S. The summed E-state index contributed by atoms with van der Waals surface area (Å²) in [7, 11) is 0.337. The number of amides is 2. The van der Waals surface area contributed by atoms with Gasteiger partial charge < -0.3 is 9.80 Å². The summed E-state index contributed by atoms with van der Waals surface area (Å²) in [5.41, 5.74) is -0.927. The number of carbonyl (C=O) groups excluding carboxylic acids is 2. The Kier molecular flexibility index (Phi) is 4.84. The van der Waals surface area contributed by atoms with E-state index in [1.165, 1.54) is 4.90 Å². The third-order valence-electron chi connectivity index (χ3n) is 4.84. The summed E-state index contributed by atoms with van der Waals surface area (Å²) in [6, 6.07) is -0.288. The molecule has 0 spiro atoms. The molecule has 2 fully saturated rings. The zero-order chi connectivity index (χ0) is 16.5. The van der Waals surface area contributed by atoms with E-state index in [2.05, 4.69) is 6.92 Å². The van der Waals surface area contributed by atoms with Gasteiger partial charge in [-0.2, -0.15) is 0 Å². The molecule has 0 bridgehead atoms. The molecule has 2 rings (SSSR count). The van der Waals surface area contributed by atoms with E-state index < -0.39 is 15.3 Å². The van der Waals surface area contributed by atoms with Crippen LogP contribution in [0.4, 0.5) is 0 Å². The van der Waals surface area contributed by atoms with Crippen LogP contribution in [-0.2, 0) is 19.4 Å². The Labute approximate surface area is 132 Å². The molecule has 1 unspecified atom stereocenters. The fourth-order valence-electron chi connectivity index (χ4n) is 3.09. The van der Waals surface area contributed by atoms with Crippen molar-refractivity contribution in [3.63, 3.8) is 0 Å². The number of rotatable bonds is 6. The van der Waals surface area contributed by atoms with E-state index >= 15 is 0 Å². The molecule has 0 aromatic carbocycles. The Hall–Kier alpha value is -1.11. The average molecular weight is 330 g/mol. The van der Waals surface area contributed by atoms with E-state index in [-0.39, 0.29) is 29.4 Å². The first-order valence-electron chi connectivity index (χ1n) is 7.97. The average Bonchev–Trinajstić information content (AvgIpc) is 3.21. The summed E-state index contributed by atoms with van der Waals surface area (Å²) in [5.74, 6) is -0.167. The molecule has 126 valence electrons. The van der Waals surface area contributed by atoms with Gasteiger partial charge in [-0.25, -0.2) is 8.42 Å². The Morgan fingerprint density at radius 2 is 1.82 bits per heavy atom. The van der Waals surface area contributed by atoms with E-state index in [1.807, 2.05) is 0 Å². The summed E-state index contributed by atoms with van der Waals surface area (Å²) in [4.78, 5) is 28.5. The van der Waals surface area contributed by atoms with Crippen LogP contribution in [0.15, 0.2) is 0 Å². The highest BCUT2D eigenvalue weighted by atomic mass is 32.2. The zero-order valence-electron chi connectivity index (χ0n) is 13.7. The SMILES string of the molecule is CCCCN(C)C(=O)C1(C(=O)N(C)C2CCS(=O)(=O)C2)CC1. The number of hydrogen-bond acceptors (Lipinski definition) is 4. The van der Waals surface area contributed by atoms with Gasteiger partial charge >= 0.3 is 0 Å². The molecule has 6 nitrogen and oxygen atoms in total. The summed E-state index contributed by atoms with van der Waals surface area (Å²) in [6.07, 6.45) is 3.54. The van der Waals surface area contributed by atoms with Crippen LogP contribution >= 0.6 is 0 Å². The van der Waals surface area contributed by atoms with E-state index in [4.69, 9.17) is 0 Å². The van der Waals surface area contributed by atoms with Crippen LogP contribution in [-0.4, -0.2) is 68.2 Å². The van der Waals surface area contributed by atoms with Crippen LogP contribution in [0, 0.1) is 5.41 Å². The number of unbranched alkanes of at least 4 members (excludes halogenated alkanes) is 1. The molecule has 1 atom stereocenters. The van der Waals surface area contributed by atoms with Gasteiger partial charge in [0, 0.05) is 26.7 Å². The summed E-state index contributed by atoms with van der Waals surface area (Å²) < 4.78 is 23.2. The van der Waals surface area contributed by atoms with Gasteiger partial charge in [0.2, 0.25) is 11.8 Å². The highest BCUT2D eigenvalue weighted by molar-refractivity contribution is 7.91. The van der Waals surface area contributed by atoms with Crippen molar-refractivity contribution in [2.45, 2.75) is 45.1 Å². The van der Waals surface area contributed by atoms with Crippen LogP contribution in [0.2, 0.25) is 0 Å². The van der Waals surface area contributed by atoms with Gasteiger partial charge in [-0.1, -0.05) is 13.3 Å². The minimum atomic E-state index is -3.04. The van der Waals surface area contributed by atoms with Crippen LogP contribution in [0.5, 0.6) is 0 Å². The molecule has 1 heterocycles. The van der Waals surface area contributed by atoms with Gasteiger partial charge in [-0.05, 0) is 25.7 Å². The van der Waals surface area contributed by atoms with E-state index in [9.17, 15) is 18.0 Å². The van der Waals surface area contributed by atoms with E-state index in [0.717, 1.165) is 12.8 Å². The number of hydrogen-bond donors (Lipinski definition) is 0. The minimum absolute atomic E-state index is 0.0190. The molecule has 2 amide bonds. The maximum Gasteiger partial charge on any atom is 0.238 e. The molecule has 1 aliphatic carbocycles. The molecule has 7 heteroatoms. The molecule has 0 N–H and O–H groups in total. The van der Waals surface area contributed by atoms with Crippen LogP contribution in [0.25, 0.3) is 0 Å². The van der Waals surface area contributed by atoms with Crippen molar-refractivity contribution in [1.82, 2.24) is 9.80 Å². The number of nitrogens with zero attached hydrogens (tertiary/aromatic N) is 2. The predicted molar refractivity (Wildman–Crippen MR) is 84.0 cm³/mol. The predicted octanol–water partition coefficient (Wildman–Crippen LogP) is 0.671. The monoisotopic (exact) mass is 330 g/mol. The topological polar surface area (TPSA) is 74.8 Å². The summed E-state index contributed by atoms with van der Waals surface area (Å²) >= 11 is 0. The highest BCUT2D eigenvalue weighted by Gasteiger charge is 2.59. The maximum atomic E-state index is 12.7. The quantitative estimate of drug-likeness (QED) is 0.671. The van der Waals surface area contributed by atoms with Crippen molar-refractivity contribution in [3.05, 3.63) is 0 Å². The van der Waals surface area contributed by atoms with Gasteiger partial charge in [0.15, 0.2) is 9.84 Å². The Balaban J connectivity index is 2.03.